The molecule has 1 N–H and O–H groups in total. The molecule has 0 fully saturated rings. The van der Waals surface area contributed by atoms with Gasteiger partial charge in [0.1, 0.15) is 0 Å². The van der Waals surface area contributed by atoms with E-state index >= 15 is 0 Å². The second-order valence-corrected chi connectivity index (χ2v) is 6.54. The number of nitrogens with one attached hydrogen (secondary N) is 1. The Morgan fingerprint density at radius 2 is 1.67 bits per heavy atom. The Kier molecular flexibility index (Phi) is 4.16. The fourth-order valence-corrected chi connectivity index (χ4v) is 2.31. The number of amides is 1. The third-order valence-electron chi connectivity index (χ3n) is 3.35. The Morgan fingerprint density at radius 1 is 1.00 bits per heavy atom. The van der Waals surface area contributed by atoms with Gasteiger partial charge in [-0.25, -0.2) is 0 Å². The first-order valence-electron chi connectivity index (χ1n) is 7.75. The van der Waals surface area contributed by atoms with Crippen molar-refractivity contribution < 1.29 is 9.32 Å². The van der Waals surface area contributed by atoms with E-state index in [1.54, 1.807) is 12.1 Å². The average molecular weight is 321 g/mol. The first-order valence-corrected chi connectivity index (χ1v) is 7.75. The van der Waals surface area contributed by atoms with Crippen LogP contribution in [0.25, 0.3) is 22.8 Å². The van der Waals surface area contributed by atoms with Crippen molar-refractivity contribution in [1.82, 2.24) is 15.5 Å². The zero-order chi connectivity index (χ0) is 17.2. The van der Waals surface area contributed by atoms with Crippen LogP contribution in [-0.2, 0) is 0 Å². The molecular formula is C19H19N3O2. The Morgan fingerprint density at radius 3 is 2.38 bits per heavy atom. The van der Waals surface area contributed by atoms with Crippen molar-refractivity contribution >= 4 is 5.91 Å². The zero-order valence-corrected chi connectivity index (χ0v) is 13.9. The lowest BCUT2D eigenvalue weighted by Gasteiger charge is -2.21. The molecule has 0 spiro atoms. The summed E-state index contributed by atoms with van der Waals surface area (Å²) in [5.74, 6) is 0.655. The van der Waals surface area contributed by atoms with Gasteiger partial charge >= 0.3 is 0 Å². The first kappa shape index (κ1) is 15.9. The second kappa shape index (κ2) is 6.28. The van der Waals surface area contributed by atoms with E-state index in [9.17, 15) is 4.79 Å². The van der Waals surface area contributed by atoms with Crippen LogP contribution in [0.4, 0.5) is 0 Å². The minimum Gasteiger partial charge on any atom is -0.347 e. The summed E-state index contributed by atoms with van der Waals surface area (Å²) in [6.45, 7) is 5.81. The van der Waals surface area contributed by atoms with Gasteiger partial charge in [0.25, 0.3) is 11.8 Å². The summed E-state index contributed by atoms with van der Waals surface area (Å²) in [7, 11) is 0. The molecule has 0 radical (unpaired) electrons. The van der Waals surface area contributed by atoms with Gasteiger partial charge in [0.2, 0.25) is 5.82 Å². The molecule has 0 aliphatic carbocycles. The highest BCUT2D eigenvalue weighted by atomic mass is 16.5. The molecule has 5 heteroatoms. The number of hydrogen-bond donors (Lipinski definition) is 1. The van der Waals surface area contributed by atoms with E-state index < -0.39 is 0 Å². The Hall–Kier alpha value is -2.95. The van der Waals surface area contributed by atoms with Crippen molar-refractivity contribution in [2.75, 3.05) is 0 Å². The lowest BCUT2D eigenvalue weighted by atomic mass is 10.0. The fourth-order valence-electron chi connectivity index (χ4n) is 2.31. The van der Waals surface area contributed by atoms with Crippen molar-refractivity contribution in [3.05, 3.63) is 60.2 Å². The van der Waals surface area contributed by atoms with Crippen LogP contribution in [0, 0.1) is 0 Å². The van der Waals surface area contributed by atoms with Crippen LogP contribution in [0.1, 0.15) is 31.1 Å². The van der Waals surface area contributed by atoms with Crippen LogP contribution in [0.5, 0.6) is 0 Å². The summed E-state index contributed by atoms with van der Waals surface area (Å²) < 4.78 is 5.38. The van der Waals surface area contributed by atoms with Crippen molar-refractivity contribution in [2.24, 2.45) is 0 Å². The lowest BCUT2D eigenvalue weighted by Crippen LogP contribution is -2.40. The summed E-state index contributed by atoms with van der Waals surface area (Å²) >= 11 is 0. The summed E-state index contributed by atoms with van der Waals surface area (Å²) in [6.07, 6.45) is 0. The molecule has 3 rings (SSSR count). The minimum absolute atomic E-state index is 0.169. The third kappa shape index (κ3) is 3.51. The molecule has 1 heterocycles. The number of rotatable bonds is 3. The van der Waals surface area contributed by atoms with E-state index in [1.165, 1.54) is 0 Å². The lowest BCUT2D eigenvalue weighted by molar-refractivity contribution is 0.0920. The van der Waals surface area contributed by atoms with Gasteiger partial charge in [-0.3, -0.25) is 4.79 Å². The predicted octanol–water partition coefficient (Wildman–Crippen LogP) is 3.93. The van der Waals surface area contributed by atoms with Crippen LogP contribution in [0.3, 0.4) is 0 Å². The van der Waals surface area contributed by atoms with Gasteiger partial charge in [0, 0.05) is 11.1 Å². The molecular weight excluding hydrogens is 302 g/mol. The molecule has 24 heavy (non-hydrogen) atoms. The predicted molar refractivity (Wildman–Crippen MR) is 92.4 cm³/mol. The van der Waals surface area contributed by atoms with E-state index in [0.29, 0.717) is 22.8 Å². The number of hydrogen-bond acceptors (Lipinski definition) is 4. The Balaban J connectivity index is 1.96. The van der Waals surface area contributed by atoms with Gasteiger partial charge in [-0.1, -0.05) is 47.6 Å². The Bertz CT molecular complexity index is 848. The first-order chi connectivity index (χ1) is 11.4. The van der Waals surface area contributed by atoms with Crippen LogP contribution in [0.15, 0.2) is 59.1 Å². The molecule has 1 aromatic heterocycles. The molecule has 0 aliphatic rings. The maximum Gasteiger partial charge on any atom is 0.259 e. The third-order valence-corrected chi connectivity index (χ3v) is 3.35. The van der Waals surface area contributed by atoms with Gasteiger partial charge in [-0.15, -0.1) is 0 Å². The van der Waals surface area contributed by atoms with Crippen LogP contribution < -0.4 is 5.32 Å². The van der Waals surface area contributed by atoms with E-state index in [0.717, 1.165) is 5.56 Å². The van der Waals surface area contributed by atoms with Gasteiger partial charge < -0.3 is 9.84 Å². The number of carbonyl (C=O) groups is 1. The summed E-state index contributed by atoms with van der Waals surface area (Å²) in [4.78, 5) is 17.0. The zero-order valence-electron chi connectivity index (χ0n) is 13.9. The molecule has 0 saturated carbocycles. The molecule has 2 aromatic carbocycles. The SMILES string of the molecule is CC(C)(C)NC(=O)c1ccccc1-c1nc(-c2ccccc2)no1. The second-order valence-electron chi connectivity index (χ2n) is 6.54. The molecule has 3 aromatic rings. The highest BCUT2D eigenvalue weighted by Crippen LogP contribution is 2.25. The van der Waals surface area contributed by atoms with Gasteiger partial charge in [0.15, 0.2) is 0 Å². The summed E-state index contributed by atoms with van der Waals surface area (Å²) in [5, 5.41) is 6.98. The Labute approximate surface area is 140 Å². The van der Waals surface area contributed by atoms with Crippen LogP contribution in [0.2, 0.25) is 0 Å². The average Bonchev–Trinajstić information content (AvgIpc) is 3.04. The molecule has 122 valence electrons. The maximum atomic E-state index is 12.5. The standard InChI is InChI=1S/C19H19N3O2/c1-19(2,3)21-17(23)14-11-7-8-12-15(14)18-20-16(22-24-18)13-9-5-4-6-10-13/h4-12H,1-3H3,(H,21,23). The quantitative estimate of drug-likeness (QED) is 0.793. The maximum absolute atomic E-state index is 12.5. The number of benzene rings is 2. The van der Waals surface area contributed by atoms with E-state index in [-0.39, 0.29) is 11.4 Å². The highest BCUT2D eigenvalue weighted by molar-refractivity contribution is 6.00. The molecule has 5 nitrogen and oxygen atoms in total. The van der Waals surface area contributed by atoms with Crippen LogP contribution >= 0.6 is 0 Å². The topological polar surface area (TPSA) is 68.0 Å². The number of aromatic nitrogens is 2. The molecule has 0 unspecified atom stereocenters. The largest absolute Gasteiger partial charge is 0.347 e. The number of carbonyl (C=O) groups excluding carboxylic acids is 1. The van der Waals surface area contributed by atoms with Crippen LogP contribution in [-0.4, -0.2) is 21.6 Å². The van der Waals surface area contributed by atoms with Gasteiger partial charge in [0.05, 0.1) is 11.1 Å². The minimum atomic E-state index is -0.325. The van der Waals surface area contributed by atoms with Crippen molar-refractivity contribution in [1.29, 1.82) is 0 Å². The fraction of sp³-hybridized carbons (Fsp3) is 0.211. The normalized spacial score (nSPS) is 11.3. The van der Waals surface area contributed by atoms with Gasteiger partial charge in [-0.2, -0.15) is 4.98 Å². The van der Waals surface area contributed by atoms with Crippen molar-refractivity contribution in [3.8, 4) is 22.8 Å². The monoisotopic (exact) mass is 321 g/mol. The molecule has 0 saturated heterocycles. The molecule has 0 bridgehead atoms. The highest BCUT2D eigenvalue weighted by Gasteiger charge is 2.21. The summed E-state index contributed by atoms with van der Waals surface area (Å²) in [6, 6.07) is 16.8. The summed E-state index contributed by atoms with van der Waals surface area (Å²) in [5.41, 5.74) is 1.67. The van der Waals surface area contributed by atoms with E-state index in [1.807, 2.05) is 63.2 Å². The smallest absolute Gasteiger partial charge is 0.259 e. The van der Waals surface area contributed by atoms with E-state index in [2.05, 4.69) is 15.5 Å². The van der Waals surface area contributed by atoms with Crippen molar-refractivity contribution in [2.45, 2.75) is 26.3 Å². The van der Waals surface area contributed by atoms with E-state index in [4.69, 9.17) is 4.52 Å². The van der Waals surface area contributed by atoms with Crippen molar-refractivity contribution in [3.63, 3.8) is 0 Å². The molecule has 1 amide bonds. The number of nitrogens with zero attached hydrogens (tertiary/aromatic N) is 2. The molecule has 0 atom stereocenters. The van der Waals surface area contributed by atoms with Gasteiger partial charge in [-0.05, 0) is 32.9 Å². The molecule has 0 aliphatic heterocycles.